The Morgan fingerprint density at radius 3 is 2.40 bits per heavy atom. The Balaban J connectivity index is 1.64. The summed E-state index contributed by atoms with van der Waals surface area (Å²) in [6.45, 7) is 0.356. The van der Waals surface area contributed by atoms with Crippen LogP contribution in [0.4, 0.5) is 11.4 Å². The van der Waals surface area contributed by atoms with Crippen molar-refractivity contribution < 1.29 is 19.1 Å². The highest BCUT2D eigenvalue weighted by atomic mass is 16.5. The van der Waals surface area contributed by atoms with E-state index < -0.39 is 11.9 Å². The Bertz CT molecular complexity index is 787. The highest BCUT2D eigenvalue weighted by Crippen LogP contribution is 2.25. The van der Waals surface area contributed by atoms with Crippen molar-refractivity contribution in [2.45, 2.75) is 6.42 Å². The van der Waals surface area contributed by atoms with Crippen LogP contribution in [0, 0.1) is 5.92 Å². The van der Waals surface area contributed by atoms with Crippen LogP contribution in [0.5, 0.6) is 0 Å². The van der Waals surface area contributed by atoms with Gasteiger partial charge in [-0.05, 0) is 36.4 Å². The second-order valence-electron chi connectivity index (χ2n) is 5.80. The average Bonchev–Trinajstić information content (AvgIpc) is 3.04. The Morgan fingerprint density at radius 1 is 1.08 bits per heavy atom. The predicted octanol–water partition coefficient (Wildman–Crippen LogP) is 2.46. The Labute approximate surface area is 145 Å². The van der Waals surface area contributed by atoms with E-state index in [-0.39, 0.29) is 18.2 Å². The van der Waals surface area contributed by atoms with E-state index in [2.05, 4.69) is 10.1 Å². The lowest BCUT2D eigenvalue weighted by Gasteiger charge is -2.16. The first-order chi connectivity index (χ1) is 12.1. The van der Waals surface area contributed by atoms with Crippen molar-refractivity contribution >= 4 is 29.2 Å². The Kier molecular flexibility index (Phi) is 4.79. The summed E-state index contributed by atoms with van der Waals surface area (Å²) < 4.78 is 4.63. The summed E-state index contributed by atoms with van der Waals surface area (Å²) in [7, 11) is 1.31. The van der Waals surface area contributed by atoms with Gasteiger partial charge in [0.25, 0.3) is 0 Å². The molecule has 25 heavy (non-hydrogen) atoms. The van der Waals surface area contributed by atoms with Gasteiger partial charge in [0, 0.05) is 24.3 Å². The van der Waals surface area contributed by atoms with Crippen LogP contribution in [0.15, 0.2) is 54.6 Å². The van der Waals surface area contributed by atoms with Crippen LogP contribution >= 0.6 is 0 Å². The van der Waals surface area contributed by atoms with Gasteiger partial charge in [-0.3, -0.25) is 9.59 Å². The summed E-state index contributed by atoms with van der Waals surface area (Å²) in [5.41, 5.74) is 1.78. The molecule has 1 saturated heterocycles. The molecular weight excluding hydrogens is 320 g/mol. The monoisotopic (exact) mass is 338 g/mol. The van der Waals surface area contributed by atoms with Gasteiger partial charge in [0.1, 0.15) is 0 Å². The zero-order valence-corrected chi connectivity index (χ0v) is 13.8. The van der Waals surface area contributed by atoms with Gasteiger partial charge in [-0.25, -0.2) is 4.79 Å². The van der Waals surface area contributed by atoms with Crippen LogP contribution in [0.3, 0.4) is 0 Å². The minimum absolute atomic E-state index is 0.0626. The smallest absolute Gasteiger partial charge is 0.337 e. The molecule has 0 aromatic heterocycles. The largest absolute Gasteiger partial charge is 0.465 e. The SMILES string of the molecule is COC(=O)c1ccc(NC(=O)[C@@H]2CC(=O)N(c3ccccc3)C2)cc1. The highest BCUT2D eigenvalue weighted by Gasteiger charge is 2.35. The molecule has 1 atom stereocenters. The zero-order chi connectivity index (χ0) is 17.8. The van der Waals surface area contributed by atoms with Gasteiger partial charge in [-0.15, -0.1) is 0 Å². The maximum atomic E-state index is 12.4. The normalized spacial score (nSPS) is 16.6. The van der Waals surface area contributed by atoms with E-state index in [0.717, 1.165) is 5.69 Å². The number of anilines is 2. The molecule has 1 N–H and O–H groups in total. The number of nitrogens with zero attached hydrogens (tertiary/aromatic N) is 1. The molecular formula is C19H18N2O4. The fourth-order valence-corrected chi connectivity index (χ4v) is 2.79. The molecule has 6 heteroatoms. The number of hydrogen-bond acceptors (Lipinski definition) is 4. The highest BCUT2D eigenvalue weighted by molar-refractivity contribution is 6.03. The van der Waals surface area contributed by atoms with E-state index in [1.54, 1.807) is 29.2 Å². The van der Waals surface area contributed by atoms with Gasteiger partial charge in [-0.2, -0.15) is 0 Å². The molecule has 2 aromatic rings. The summed E-state index contributed by atoms with van der Waals surface area (Å²) >= 11 is 0. The number of methoxy groups -OCH3 is 1. The summed E-state index contributed by atoms with van der Waals surface area (Å²) in [6.07, 6.45) is 0.182. The van der Waals surface area contributed by atoms with Crippen LogP contribution < -0.4 is 10.2 Å². The quantitative estimate of drug-likeness (QED) is 0.869. The lowest BCUT2D eigenvalue weighted by atomic mass is 10.1. The van der Waals surface area contributed by atoms with Crippen LogP contribution in [0.25, 0.3) is 0 Å². The third-order valence-corrected chi connectivity index (χ3v) is 4.14. The Hall–Kier alpha value is -3.15. The van der Waals surface area contributed by atoms with Crippen LogP contribution in [-0.4, -0.2) is 31.4 Å². The van der Waals surface area contributed by atoms with Crippen LogP contribution in [-0.2, 0) is 14.3 Å². The molecule has 0 saturated carbocycles. The number of carbonyl (C=O) groups excluding carboxylic acids is 3. The van der Waals surface area contributed by atoms with E-state index in [9.17, 15) is 14.4 Å². The number of rotatable bonds is 4. The van der Waals surface area contributed by atoms with E-state index in [1.807, 2.05) is 30.3 Å². The molecule has 6 nitrogen and oxygen atoms in total. The number of carbonyl (C=O) groups is 3. The van der Waals surface area contributed by atoms with Crippen LogP contribution in [0.1, 0.15) is 16.8 Å². The first kappa shape index (κ1) is 16.7. The molecule has 0 aliphatic carbocycles. The molecule has 1 heterocycles. The van der Waals surface area contributed by atoms with Gasteiger partial charge in [0.2, 0.25) is 11.8 Å². The topological polar surface area (TPSA) is 75.7 Å². The van der Waals surface area contributed by atoms with E-state index in [4.69, 9.17) is 0 Å². The fraction of sp³-hybridized carbons (Fsp3) is 0.211. The molecule has 0 spiro atoms. The van der Waals surface area contributed by atoms with Gasteiger partial charge >= 0.3 is 5.97 Å². The summed E-state index contributed by atoms with van der Waals surface area (Å²) in [5.74, 6) is -1.12. The van der Waals surface area contributed by atoms with Crippen molar-refractivity contribution in [1.82, 2.24) is 0 Å². The summed E-state index contributed by atoms with van der Waals surface area (Å²) in [5, 5.41) is 2.79. The van der Waals surface area contributed by atoms with Crippen molar-refractivity contribution in [2.75, 3.05) is 23.9 Å². The van der Waals surface area contributed by atoms with Crippen molar-refractivity contribution in [1.29, 1.82) is 0 Å². The van der Waals surface area contributed by atoms with E-state index in [1.165, 1.54) is 7.11 Å². The van der Waals surface area contributed by atoms with E-state index in [0.29, 0.717) is 17.8 Å². The number of ether oxygens (including phenoxy) is 1. The average molecular weight is 338 g/mol. The standard InChI is InChI=1S/C19H18N2O4/c1-25-19(24)13-7-9-15(10-8-13)20-18(23)14-11-17(22)21(12-14)16-5-3-2-4-6-16/h2-10,14H,11-12H2,1H3,(H,20,23)/t14-/m1/s1. The number of amides is 2. The number of nitrogens with one attached hydrogen (secondary N) is 1. The second kappa shape index (κ2) is 7.17. The summed E-state index contributed by atoms with van der Waals surface area (Å²) in [4.78, 5) is 37.7. The van der Waals surface area contributed by atoms with E-state index >= 15 is 0 Å². The first-order valence-corrected chi connectivity index (χ1v) is 7.93. The molecule has 1 aliphatic rings. The minimum atomic E-state index is -0.433. The number of hydrogen-bond donors (Lipinski definition) is 1. The number of para-hydroxylation sites is 1. The first-order valence-electron chi connectivity index (χ1n) is 7.93. The fourth-order valence-electron chi connectivity index (χ4n) is 2.79. The van der Waals surface area contributed by atoms with Crippen molar-refractivity contribution in [2.24, 2.45) is 5.92 Å². The van der Waals surface area contributed by atoms with Crippen molar-refractivity contribution in [3.8, 4) is 0 Å². The van der Waals surface area contributed by atoms with Gasteiger partial charge in [-0.1, -0.05) is 18.2 Å². The lowest BCUT2D eigenvalue weighted by Crippen LogP contribution is -2.28. The third kappa shape index (κ3) is 3.68. The third-order valence-electron chi connectivity index (χ3n) is 4.14. The second-order valence-corrected chi connectivity index (χ2v) is 5.80. The van der Waals surface area contributed by atoms with Gasteiger partial charge < -0.3 is 15.0 Å². The zero-order valence-electron chi connectivity index (χ0n) is 13.8. The van der Waals surface area contributed by atoms with Crippen LogP contribution in [0.2, 0.25) is 0 Å². The molecule has 2 aromatic carbocycles. The molecule has 128 valence electrons. The molecule has 3 rings (SSSR count). The summed E-state index contributed by atoms with van der Waals surface area (Å²) in [6, 6.07) is 15.7. The molecule has 2 amide bonds. The number of benzene rings is 2. The molecule has 0 radical (unpaired) electrons. The maximum Gasteiger partial charge on any atom is 0.337 e. The molecule has 1 aliphatic heterocycles. The maximum absolute atomic E-state index is 12.4. The Morgan fingerprint density at radius 2 is 1.76 bits per heavy atom. The lowest BCUT2D eigenvalue weighted by molar-refractivity contribution is -0.122. The van der Waals surface area contributed by atoms with Gasteiger partial charge in [0.15, 0.2) is 0 Å². The predicted molar refractivity (Wildman–Crippen MR) is 93.3 cm³/mol. The molecule has 0 unspecified atom stereocenters. The molecule has 1 fully saturated rings. The van der Waals surface area contributed by atoms with Gasteiger partial charge in [0.05, 0.1) is 18.6 Å². The number of esters is 1. The van der Waals surface area contributed by atoms with Crippen molar-refractivity contribution in [3.63, 3.8) is 0 Å². The van der Waals surface area contributed by atoms with Crippen molar-refractivity contribution in [3.05, 3.63) is 60.2 Å². The molecule has 0 bridgehead atoms. The minimum Gasteiger partial charge on any atom is -0.465 e.